The van der Waals surface area contributed by atoms with Crippen molar-refractivity contribution in [3.63, 3.8) is 0 Å². The van der Waals surface area contributed by atoms with E-state index in [0.29, 0.717) is 6.04 Å². The van der Waals surface area contributed by atoms with Gasteiger partial charge in [0.1, 0.15) is 0 Å². The third kappa shape index (κ3) is 5.64. The first-order chi connectivity index (χ1) is 9.41. The first-order valence-electron chi connectivity index (χ1n) is 7.89. The summed E-state index contributed by atoms with van der Waals surface area (Å²) in [6.45, 7) is 14.4. The van der Waals surface area contributed by atoms with Gasteiger partial charge in [-0.3, -0.25) is 0 Å². The maximum Gasteiger partial charge on any atom is 0.0208 e. The fraction of sp³-hybridized carbons (Fsp3) is 0.667. The maximum absolute atomic E-state index is 3.57. The van der Waals surface area contributed by atoms with Crippen molar-refractivity contribution < 1.29 is 0 Å². The fourth-order valence-corrected chi connectivity index (χ4v) is 2.30. The number of rotatable bonds is 8. The number of benzene rings is 1. The molecule has 0 aliphatic heterocycles. The van der Waals surface area contributed by atoms with Gasteiger partial charge in [-0.25, -0.2) is 0 Å². The van der Waals surface area contributed by atoms with Crippen molar-refractivity contribution in [1.82, 2.24) is 10.2 Å². The van der Waals surface area contributed by atoms with Gasteiger partial charge in [0.2, 0.25) is 0 Å². The summed E-state index contributed by atoms with van der Waals surface area (Å²) in [5.74, 6) is 0. The van der Waals surface area contributed by atoms with Crippen LogP contribution >= 0.6 is 0 Å². The van der Waals surface area contributed by atoms with Crippen LogP contribution in [0.3, 0.4) is 0 Å². The summed E-state index contributed by atoms with van der Waals surface area (Å²) in [6, 6.07) is 5.27. The molecule has 0 aliphatic carbocycles. The molecule has 114 valence electrons. The van der Waals surface area contributed by atoms with Crippen molar-refractivity contribution in [2.45, 2.75) is 60.0 Å². The highest BCUT2D eigenvalue weighted by atomic mass is 15.1. The van der Waals surface area contributed by atoms with Crippen molar-refractivity contribution in [2.75, 3.05) is 20.1 Å². The number of hydrogen-bond acceptors (Lipinski definition) is 2. The van der Waals surface area contributed by atoms with Crippen LogP contribution in [-0.2, 0) is 6.54 Å². The zero-order valence-electron chi connectivity index (χ0n) is 14.2. The second kappa shape index (κ2) is 8.43. The van der Waals surface area contributed by atoms with Crippen molar-refractivity contribution in [2.24, 2.45) is 0 Å². The van der Waals surface area contributed by atoms with E-state index in [1.165, 1.54) is 41.6 Å². The molecule has 2 nitrogen and oxygen atoms in total. The molecule has 1 aromatic carbocycles. The van der Waals surface area contributed by atoms with Crippen LogP contribution in [0.5, 0.6) is 0 Å². The Morgan fingerprint density at radius 1 is 1.00 bits per heavy atom. The smallest absolute Gasteiger partial charge is 0.0208 e. The van der Waals surface area contributed by atoms with Gasteiger partial charge in [-0.05, 0) is 89.9 Å². The van der Waals surface area contributed by atoms with Crippen LogP contribution in [0.15, 0.2) is 12.1 Å². The highest BCUT2D eigenvalue weighted by molar-refractivity contribution is 5.36. The molecule has 0 unspecified atom stereocenters. The van der Waals surface area contributed by atoms with Gasteiger partial charge in [-0.1, -0.05) is 12.1 Å². The van der Waals surface area contributed by atoms with Gasteiger partial charge in [0.25, 0.3) is 0 Å². The van der Waals surface area contributed by atoms with E-state index < -0.39 is 0 Å². The van der Waals surface area contributed by atoms with Crippen molar-refractivity contribution in [3.8, 4) is 0 Å². The molecular formula is C18H32N2. The van der Waals surface area contributed by atoms with Gasteiger partial charge in [-0.15, -0.1) is 0 Å². The first kappa shape index (κ1) is 17.2. The Kier molecular flexibility index (Phi) is 7.25. The third-order valence-electron chi connectivity index (χ3n) is 4.26. The van der Waals surface area contributed by atoms with Crippen LogP contribution in [-0.4, -0.2) is 31.1 Å². The Balaban J connectivity index is 2.23. The average Bonchev–Trinajstić information content (AvgIpc) is 2.38. The van der Waals surface area contributed by atoms with E-state index in [2.05, 4.69) is 64.0 Å². The fourth-order valence-electron chi connectivity index (χ4n) is 2.30. The van der Waals surface area contributed by atoms with Crippen LogP contribution in [0.2, 0.25) is 0 Å². The summed E-state index contributed by atoms with van der Waals surface area (Å²) in [6.07, 6.45) is 2.52. The number of nitrogens with zero attached hydrogens (tertiary/aromatic N) is 1. The minimum absolute atomic E-state index is 0.654. The highest BCUT2D eigenvalue weighted by Crippen LogP contribution is 2.15. The standard InChI is InChI=1S/C18H32N2/c1-14(2)20(6)10-8-7-9-19-13-18-12-16(4)15(3)11-17(18)5/h11-12,14,19H,7-10,13H2,1-6H3. The lowest BCUT2D eigenvalue weighted by Gasteiger charge is -2.20. The van der Waals surface area contributed by atoms with Crippen LogP contribution in [0.4, 0.5) is 0 Å². The van der Waals surface area contributed by atoms with Crippen molar-refractivity contribution in [1.29, 1.82) is 0 Å². The summed E-state index contributed by atoms with van der Waals surface area (Å²) < 4.78 is 0. The minimum atomic E-state index is 0.654. The molecule has 0 fully saturated rings. The van der Waals surface area contributed by atoms with Gasteiger partial charge >= 0.3 is 0 Å². The lowest BCUT2D eigenvalue weighted by atomic mass is 10.0. The van der Waals surface area contributed by atoms with E-state index in [4.69, 9.17) is 0 Å². The van der Waals surface area contributed by atoms with Gasteiger partial charge in [0.05, 0.1) is 0 Å². The predicted octanol–water partition coefficient (Wildman–Crippen LogP) is 3.82. The molecule has 0 spiro atoms. The molecule has 0 saturated carbocycles. The zero-order valence-corrected chi connectivity index (χ0v) is 14.2. The van der Waals surface area contributed by atoms with E-state index in [1.807, 2.05) is 0 Å². The summed E-state index contributed by atoms with van der Waals surface area (Å²) >= 11 is 0. The minimum Gasteiger partial charge on any atom is -0.313 e. The van der Waals surface area contributed by atoms with Crippen LogP contribution in [0.25, 0.3) is 0 Å². The van der Waals surface area contributed by atoms with Crippen molar-refractivity contribution >= 4 is 0 Å². The Morgan fingerprint density at radius 2 is 1.65 bits per heavy atom. The molecule has 0 atom stereocenters. The largest absolute Gasteiger partial charge is 0.313 e. The molecule has 1 rings (SSSR count). The summed E-state index contributed by atoms with van der Waals surface area (Å²) in [4.78, 5) is 2.41. The number of aryl methyl sites for hydroxylation is 3. The third-order valence-corrected chi connectivity index (χ3v) is 4.26. The van der Waals surface area contributed by atoms with E-state index in [9.17, 15) is 0 Å². The average molecular weight is 276 g/mol. The van der Waals surface area contributed by atoms with Crippen LogP contribution < -0.4 is 5.32 Å². The Labute approximate surface area is 125 Å². The molecule has 0 saturated heterocycles. The monoisotopic (exact) mass is 276 g/mol. The summed E-state index contributed by atoms with van der Waals surface area (Å²) in [5, 5.41) is 3.57. The second-order valence-electron chi connectivity index (χ2n) is 6.32. The Bertz CT molecular complexity index is 410. The maximum atomic E-state index is 3.57. The van der Waals surface area contributed by atoms with Gasteiger partial charge in [0.15, 0.2) is 0 Å². The molecular weight excluding hydrogens is 244 g/mol. The quantitative estimate of drug-likeness (QED) is 0.726. The van der Waals surface area contributed by atoms with Crippen LogP contribution in [0, 0.1) is 20.8 Å². The molecule has 0 aromatic heterocycles. The molecule has 0 aliphatic rings. The molecule has 0 bridgehead atoms. The first-order valence-corrected chi connectivity index (χ1v) is 7.89. The molecule has 0 radical (unpaired) electrons. The molecule has 2 heteroatoms. The SMILES string of the molecule is Cc1cc(C)c(CNCCCCN(C)C(C)C)cc1C. The number of unbranched alkanes of at least 4 members (excludes halogenated alkanes) is 1. The van der Waals surface area contributed by atoms with E-state index in [1.54, 1.807) is 0 Å². The zero-order chi connectivity index (χ0) is 15.1. The van der Waals surface area contributed by atoms with Crippen LogP contribution in [0.1, 0.15) is 48.9 Å². The van der Waals surface area contributed by atoms with Gasteiger partial charge < -0.3 is 10.2 Å². The Morgan fingerprint density at radius 3 is 2.30 bits per heavy atom. The molecule has 0 heterocycles. The number of nitrogens with one attached hydrogen (secondary N) is 1. The molecule has 20 heavy (non-hydrogen) atoms. The topological polar surface area (TPSA) is 15.3 Å². The Hall–Kier alpha value is -0.860. The molecule has 1 N–H and O–H groups in total. The van der Waals surface area contributed by atoms with Gasteiger partial charge in [0, 0.05) is 12.6 Å². The van der Waals surface area contributed by atoms with E-state index in [0.717, 1.165) is 13.1 Å². The summed E-state index contributed by atoms with van der Waals surface area (Å²) in [5.41, 5.74) is 5.63. The molecule has 1 aromatic rings. The van der Waals surface area contributed by atoms with Gasteiger partial charge in [-0.2, -0.15) is 0 Å². The van der Waals surface area contributed by atoms with E-state index >= 15 is 0 Å². The summed E-state index contributed by atoms with van der Waals surface area (Å²) in [7, 11) is 2.20. The lowest BCUT2D eigenvalue weighted by molar-refractivity contribution is 0.268. The second-order valence-corrected chi connectivity index (χ2v) is 6.32. The lowest BCUT2D eigenvalue weighted by Crippen LogP contribution is -2.27. The number of hydrogen-bond donors (Lipinski definition) is 1. The normalized spacial score (nSPS) is 11.6. The van der Waals surface area contributed by atoms with E-state index in [-0.39, 0.29) is 0 Å². The highest BCUT2D eigenvalue weighted by Gasteiger charge is 2.03. The predicted molar refractivity (Wildman–Crippen MR) is 89.4 cm³/mol. The molecule has 0 amide bonds. The van der Waals surface area contributed by atoms with Crippen molar-refractivity contribution in [3.05, 3.63) is 34.4 Å².